The molecule has 8 nitrogen and oxygen atoms in total. The van der Waals surface area contributed by atoms with Crippen LogP contribution in [0, 0.1) is 11.6 Å². The third-order valence-corrected chi connectivity index (χ3v) is 8.38. The average molecular weight is 570 g/mol. The number of aliphatic hydroxyl groups excluding tert-OH is 1. The van der Waals surface area contributed by atoms with Crippen LogP contribution in [-0.2, 0) is 18.7 Å². The van der Waals surface area contributed by atoms with Crippen molar-refractivity contribution in [2.45, 2.75) is 50.5 Å². The minimum atomic E-state index is -1.18. The number of pyridine rings is 1. The van der Waals surface area contributed by atoms with E-state index in [1.165, 1.54) is 0 Å². The highest BCUT2D eigenvalue weighted by atomic mass is 35.5. The van der Waals surface area contributed by atoms with Gasteiger partial charge >= 0.3 is 0 Å². The smallest absolute Gasteiger partial charge is 0.274 e. The van der Waals surface area contributed by atoms with Crippen LogP contribution in [0.2, 0.25) is 5.02 Å². The second-order valence-electron chi connectivity index (χ2n) is 10.5. The lowest BCUT2D eigenvalue weighted by Gasteiger charge is -2.42. The maximum Gasteiger partial charge on any atom is 0.274 e. The molecule has 1 fully saturated rings. The predicted molar refractivity (Wildman–Crippen MR) is 141 cm³/mol. The van der Waals surface area contributed by atoms with E-state index in [-0.39, 0.29) is 53.7 Å². The lowest BCUT2D eigenvalue weighted by molar-refractivity contribution is 0.0545. The van der Waals surface area contributed by atoms with Crippen molar-refractivity contribution in [1.29, 1.82) is 0 Å². The first-order valence-corrected chi connectivity index (χ1v) is 13.5. The molecular formula is C29H26ClF2N3O5. The van der Waals surface area contributed by atoms with Gasteiger partial charge in [0.2, 0.25) is 5.43 Å². The number of aromatic nitrogens is 1. The van der Waals surface area contributed by atoms with Crippen LogP contribution >= 0.6 is 11.6 Å². The van der Waals surface area contributed by atoms with Crippen molar-refractivity contribution in [3.05, 3.63) is 97.4 Å². The third kappa shape index (κ3) is 4.17. The maximum absolute atomic E-state index is 14.5. The van der Waals surface area contributed by atoms with Crippen molar-refractivity contribution < 1.29 is 28.2 Å². The largest absolute Gasteiger partial charge is 0.483 e. The zero-order valence-corrected chi connectivity index (χ0v) is 22.1. The summed E-state index contributed by atoms with van der Waals surface area (Å²) in [5.74, 6) is -3.49. The highest BCUT2D eigenvalue weighted by Gasteiger charge is 2.54. The first kappa shape index (κ1) is 26.5. The molecular weight excluding hydrogens is 544 g/mol. The van der Waals surface area contributed by atoms with E-state index in [9.17, 15) is 28.3 Å². The fourth-order valence-electron chi connectivity index (χ4n) is 6.21. The van der Waals surface area contributed by atoms with Crippen LogP contribution in [0.25, 0.3) is 0 Å². The van der Waals surface area contributed by atoms with Gasteiger partial charge in [-0.3, -0.25) is 14.4 Å². The lowest BCUT2D eigenvalue weighted by Crippen LogP contribution is -2.52. The van der Waals surface area contributed by atoms with Crippen molar-refractivity contribution in [3.63, 3.8) is 0 Å². The van der Waals surface area contributed by atoms with Crippen LogP contribution < -0.4 is 15.5 Å². The topological polar surface area (TPSA) is 101 Å². The van der Waals surface area contributed by atoms with Gasteiger partial charge in [-0.1, -0.05) is 48.0 Å². The lowest BCUT2D eigenvalue weighted by atomic mass is 9.88. The van der Waals surface area contributed by atoms with E-state index in [1.807, 2.05) is 30.3 Å². The fourth-order valence-corrected chi connectivity index (χ4v) is 6.40. The molecule has 2 N–H and O–H groups in total. The molecule has 2 atom stereocenters. The van der Waals surface area contributed by atoms with Gasteiger partial charge in [-0.25, -0.2) is 8.78 Å². The molecule has 1 aromatic heterocycles. The molecule has 0 radical (unpaired) electrons. The summed E-state index contributed by atoms with van der Waals surface area (Å²) in [6.45, 7) is 0.460. The van der Waals surface area contributed by atoms with Crippen LogP contribution in [0.1, 0.15) is 69.5 Å². The van der Waals surface area contributed by atoms with Crippen LogP contribution in [0.5, 0.6) is 5.75 Å². The number of fused-ring (bicyclic) bond motifs is 1. The number of aliphatic hydroxyl groups is 1. The Morgan fingerprint density at radius 3 is 2.70 bits per heavy atom. The summed E-state index contributed by atoms with van der Waals surface area (Å²) < 4.78 is 35.8. The first-order valence-electron chi connectivity index (χ1n) is 13.1. The summed E-state index contributed by atoms with van der Waals surface area (Å²) in [6, 6.07) is 11.2. The highest BCUT2D eigenvalue weighted by Crippen LogP contribution is 2.49. The number of ether oxygens (including phenoxy) is 1. The summed E-state index contributed by atoms with van der Waals surface area (Å²) in [6.07, 6.45) is 1.27. The van der Waals surface area contributed by atoms with Gasteiger partial charge < -0.3 is 24.6 Å². The minimum Gasteiger partial charge on any atom is -0.483 e. The minimum absolute atomic E-state index is 0.0222. The van der Waals surface area contributed by atoms with Gasteiger partial charge in [-0.2, -0.15) is 0 Å². The molecule has 2 bridgehead atoms. The van der Waals surface area contributed by atoms with Gasteiger partial charge in [0.1, 0.15) is 28.8 Å². The average Bonchev–Trinajstić information content (AvgIpc) is 3.09. The van der Waals surface area contributed by atoms with E-state index in [2.05, 4.69) is 5.32 Å². The Hall–Kier alpha value is -3.76. The molecule has 3 aromatic rings. The number of carbonyl (C=O) groups excluding carboxylic acids is 2. The quantitative estimate of drug-likeness (QED) is 0.436. The molecule has 11 heteroatoms. The van der Waals surface area contributed by atoms with Gasteiger partial charge in [0.05, 0.1) is 17.3 Å². The third-order valence-electron chi connectivity index (χ3n) is 8.04. The van der Waals surface area contributed by atoms with Crippen molar-refractivity contribution in [1.82, 2.24) is 14.8 Å². The van der Waals surface area contributed by atoms with E-state index >= 15 is 0 Å². The maximum atomic E-state index is 14.5. The second kappa shape index (κ2) is 10.0. The summed E-state index contributed by atoms with van der Waals surface area (Å²) in [7, 11) is 0. The molecule has 0 saturated carbocycles. The molecule has 4 heterocycles. The number of benzene rings is 2. The van der Waals surface area contributed by atoms with E-state index < -0.39 is 39.6 Å². The van der Waals surface area contributed by atoms with Gasteiger partial charge in [-0.05, 0) is 30.9 Å². The van der Waals surface area contributed by atoms with Crippen LogP contribution in [0.15, 0.2) is 47.3 Å². The normalized spacial score (nSPS) is 21.1. The van der Waals surface area contributed by atoms with Gasteiger partial charge in [0.15, 0.2) is 11.4 Å². The molecule has 1 saturated heterocycles. The number of hydrogen-bond donors (Lipinski definition) is 2. The van der Waals surface area contributed by atoms with Gasteiger partial charge in [0, 0.05) is 31.6 Å². The molecule has 6 rings (SSSR count). The molecule has 2 aromatic carbocycles. The summed E-state index contributed by atoms with van der Waals surface area (Å²) in [5, 5.41) is 13.0. The van der Waals surface area contributed by atoms with Crippen LogP contribution in [-0.4, -0.2) is 39.5 Å². The van der Waals surface area contributed by atoms with E-state index in [0.717, 1.165) is 30.5 Å². The molecule has 1 unspecified atom stereocenters. The molecule has 0 aliphatic carbocycles. The molecule has 40 heavy (non-hydrogen) atoms. The number of amides is 2. The van der Waals surface area contributed by atoms with Crippen LogP contribution in [0.3, 0.4) is 0 Å². The fraction of sp³-hybridized carbons (Fsp3) is 0.345. The van der Waals surface area contributed by atoms with E-state index in [0.29, 0.717) is 19.5 Å². The van der Waals surface area contributed by atoms with Crippen LogP contribution in [0.4, 0.5) is 8.78 Å². The Bertz CT molecular complexity index is 1590. The SMILES string of the molecule is O=C(NCc1ccc(F)c(Cl)c1F)c1c2n3c(c(OCc4ccccc4)c1=O)C(=O)N1CCCC[C@@]3(CC2O)C1. The number of rotatable bonds is 6. The highest BCUT2D eigenvalue weighted by molar-refractivity contribution is 6.31. The Morgan fingerprint density at radius 1 is 1.15 bits per heavy atom. The van der Waals surface area contributed by atoms with Crippen molar-refractivity contribution in [2.24, 2.45) is 0 Å². The monoisotopic (exact) mass is 569 g/mol. The van der Waals surface area contributed by atoms with Crippen molar-refractivity contribution in [2.75, 3.05) is 13.1 Å². The molecule has 3 aliphatic rings. The Morgan fingerprint density at radius 2 is 1.93 bits per heavy atom. The van der Waals surface area contributed by atoms with Gasteiger partial charge in [-0.15, -0.1) is 0 Å². The summed E-state index contributed by atoms with van der Waals surface area (Å²) in [5.41, 5.74) is -1.14. The molecule has 208 valence electrons. The molecule has 3 aliphatic heterocycles. The zero-order chi connectivity index (χ0) is 28.2. The summed E-state index contributed by atoms with van der Waals surface area (Å²) >= 11 is 5.67. The number of carbonyl (C=O) groups is 2. The second-order valence-corrected chi connectivity index (χ2v) is 10.9. The standard InChI is InChI=1S/C29H26ClF2N3O5/c30-21-18(31)9-8-17(22(21)32)13-33-27(38)20-23-19(36)12-29-10-4-5-11-34(15-29)28(39)24(35(23)29)26(25(20)37)40-14-16-6-2-1-3-7-16/h1-3,6-9,19,36H,4-5,10-15H2,(H,33,38)/t19?,29-/m1/s1. The zero-order valence-electron chi connectivity index (χ0n) is 21.4. The Balaban J connectivity index is 1.47. The van der Waals surface area contributed by atoms with E-state index in [1.54, 1.807) is 9.47 Å². The number of nitrogens with zero attached hydrogens (tertiary/aromatic N) is 2. The number of nitrogens with one attached hydrogen (secondary N) is 1. The summed E-state index contributed by atoms with van der Waals surface area (Å²) in [4.78, 5) is 42.9. The first-order chi connectivity index (χ1) is 19.2. The molecule has 1 spiro atoms. The predicted octanol–water partition coefficient (Wildman–Crippen LogP) is 4.06. The molecule has 2 amide bonds. The number of hydrogen-bond acceptors (Lipinski definition) is 5. The Kier molecular flexibility index (Phi) is 6.62. The number of halogens is 3. The van der Waals surface area contributed by atoms with Gasteiger partial charge in [0.25, 0.3) is 11.8 Å². The van der Waals surface area contributed by atoms with Crippen molar-refractivity contribution >= 4 is 23.4 Å². The van der Waals surface area contributed by atoms with Crippen molar-refractivity contribution in [3.8, 4) is 5.75 Å². The Labute approximate surface area is 233 Å². The van der Waals surface area contributed by atoms with E-state index in [4.69, 9.17) is 16.3 Å².